The van der Waals surface area contributed by atoms with Gasteiger partial charge < -0.3 is 10.1 Å². The molecule has 0 spiro atoms. The Morgan fingerprint density at radius 1 is 1.24 bits per heavy atom. The topological polar surface area (TPSA) is 47.0 Å². The molecular formula is C16H26BrN3O. The van der Waals surface area contributed by atoms with Gasteiger partial charge in [0.25, 0.3) is 0 Å². The summed E-state index contributed by atoms with van der Waals surface area (Å²) in [6.07, 6.45) is 5.02. The van der Waals surface area contributed by atoms with Gasteiger partial charge in [0.05, 0.1) is 10.2 Å². The molecule has 0 bridgehead atoms. The Morgan fingerprint density at radius 2 is 1.90 bits per heavy atom. The zero-order chi connectivity index (χ0) is 15.5. The number of rotatable bonds is 6. The minimum absolute atomic E-state index is 0.465. The molecular weight excluding hydrogens is 330 g/mol. The predicted molar refractivity (Wildman–Crippen MR) is 89.8 cm³/mol. The Morgan fingerprint density at radius 3 is 2.48 bits per heavy atom. The number of ether oxygens (including phenoxy) is 1. The number of hydrogen-bond acceptors (Lipinski definition) is 4. The molecule has 1 aliphatic rings. The molecule has 0 radical (unpaired) electrons. The van der Waals surface area contributed by atoms with E-state index in [4.69, 9.17) is 14.7 Å². The first-order valence-corrected chi connectivity index (χ1v) is 8.74. The van der Waals surface area contributed by atoms with E-state index in [2.05, 4.69) is 28.2 Å². The fourth-order valence-electron chi connectivity index (χ4n) is 2.91. The number of hydrogen-bond donors (Lipinski definition) is 1. The van der Waals surface area contributed by atoms with E-state index in [1.54, 1.807) is 0 Å². The average molecular weight is 356 g/mol. The van der Waals surface area contributed by atoms with Gasteiger partial charge in [-0.3, -0.25) is 0 Å². The van der Waals surface area contributed by atoms with E-state index in [0.717, 1.165) is 28.4 Å². The highest BCUT2D eigenvalue weighted by atomic mass is 79.9. The van der Waals surface area contributed by atoms with Gasteiger partial charge in [-0.15, -0.1) is 0 Å². The van der Waals surface area contributed by atoms with E-state index in [-0.39, 0.29) is 0 Å². The normalized spacial score (nSPS) is 16.4. The summed E-state index contributed by atoms with van der Waals surface area (Å²) < 4.78 is 6.86. The number of halogens is 1. The monoisotopic (exact) mass is 355 g/mol. The molecule has 1 aromatic rings. The van der Waals surface area contributed by atoms with Gasteiger partial charge >= 0.3 is 0 Å². The first-order chi connectivity index (χ1) is 9.99. The lowest BCUT2D eigenvalue weighted by Crippen LogP contribution is -2.26. The second-order valence-electron chi connectivity index (χ2n) is 6.05. The number of anilines is 1. The van der Waals surface area contributed by atoms with Crippen LogP contribution in [0, 0.1) is 0 Å². The molecule has 0 saturated heterocycles. The third-order valence-corrected chi connectivity index (χ3v) is 4.79. The molecule has 1 aliphatic carbocycles. The highest BCUT2D eigenvalue weighted by Gasteiger charge is 2.29. The van der Waals surface area contributed by atoms with Crippen LogP contribution in [-0.4, -0.2) is 23.1 Å². The lowest BCUT2D eigenvalue weighted by molar-refractivity contribution is -0.0209. The summed E-state index contributed by atoms with van der Waals surface area (Å²) in [5.74, 6) is 2.19. The molecule has 0 aliphatic heterocycles. The minimum Gasteiger partial charge on any atom is -0.369 e. The SMILES string of the molecule is CCNc1nc(C(C)(C)OCC)nc(C2CCCC2)c1Br. The molecule has 4 nitrogen and oxygen atoms in total. The van der Waals surface area contributed by atoms with E-state index in [1.807, 2.05) is 20.8 Å². The highest BCUT2D eigenvalue weighted by Crippen LogP contribution is 2.39. The lowest BCUT2D eigenvalue weighted by Gasteiger charge is -2.25. The van der Waals surface area contributed by atoms with Gasteiger partial charge in [-0.2, -0.15) is 0 Å². The second kappa shape index (κ2) is 7.05. The molecule has 118 valence electrons. The third-order valence-electron chi connectivity index (χ3n) is 4.01. The molecule has 21 heavy (non-hydrogen) atoms. The largest absolute Gasteiger partial charge is 0.369 e. The van der Waals surface area contributed by atoms with Crippen molar-refractivity contribution in [2.75, 3.05) is 18.5 Å². The summed E-state index contributed by atoms with van der Waals surface area (Å²) in [5.41, 5.74) is 0.675. The smallest absolute Gasteiger partial charge is 0.162 e. The molecule has 0 aromatic carbocycles. The molecule has 1 saturated carbocycles. The van der Waals surface area contributed by atoms with Gasteiger partial charge in [-0.25, -0.2) is 9.97 Å². The van der Waals surface area contributed by atoms with Crippen LogP contribution in [0.15, 0.2) is 4.47 Å². The van der Waals surface area contributed by atoms with Crippen LogP contribution in [0.3, 0.4) is 0 Å². The molecule has 0 atom stereocenters. The molecule has 5 heteroatoms. The van der Waals surface area contributed by atoms with Gasteiger partial charge in [0.1, 0.15) is 11.4 Å². The van der Waals surface area contributed by atoms with Gasteiger partial charge in [-0.05, 0) is 56.5 Å². The Kier molecular flexibility index (Phi) is 5.60. The van der Waals surface area contributed by atoms with Crippen LogP contribution in [0.5, 0.6) is 0 Å². The minimum atomic E-state index is -0.465. The van der Waals surface area contributed by atoms with E-state index in [9.17, 15) is 0 Å². The lowest BCUT2D eigenvalue weighted by atomic mass is 10.0. The molecule has 0 amide bonds. The fraction of sp³-hybridized carbons (Fsp3) is 0.750. The van der Waals surface area contributed by atoms with E-state index in [1.165, 1.54) is 25.7 Å². The Labute approximate surface area is 136 Å². The summed E-state index contributed by atoms with van der Waals surface area (Å²) in [5, 5.41) is 3.34. The van der Waals surface area contributed by atoms with Crippen LogP contribution < -0.4 is 5.32 Å². The van der Waals surface area contributed by atoms with Crippen molar-refractivity contribution in [1.29, 1.82) is 0 Å². The Hall–Kier alpha value is -0.680. The van der Waals surface area contributed by atoms with Crippen LogP contribution >= 0.6 is 15.9 Å². The molecule has 1 N–H and O–H groups in total. The van der Waals surface area contributed by atoms with Crippen molar-refractivity contribution < 1.29 is 4.74 Å². The van der Waals surface area contributed by atoms with E-state index < -0.39 is 5.60 Å². The predicted octanol–water partition coefficient (Wildman–Crippen LogP) is 4.60. The van der Waals surface area contributed by atoms with Crippen molar-refractivity contribution in [3.63, 3.8) is 0 Å². The van der Waals surface area contributed by atoms with Crippen LogP contribution in [-0.2, 0) is 10.3 Å². The summed E-state index contributed by atoms with van der Waals surface area (Å²) >= 11 is 3.70. The van der Waals surface area contributed by atoms with Crippen molar-refractivity contribution in [1.82, 2.24) is 9.97 Å². The van der Waals surface area contributed by atoms with Crippen molar-refractivity contribution in [2.24, 2.45) is 0 Å². The van der Waals surface area contributed by atoms with E-state index >= 15 is 0 Å². The molecule has 1 fully saturated rings. The van der Waals surface area contributed by atoms with Crippen LogP contribution in [0.25, 0.3) is 0 Å². The van der Waals surface area contributed by atoms with Crippen molar-refractivity contribution in [3.8, 4) is 0 Å². The molecule has 2 rings (SSSR count). The Bertz CT molecular complexity index is 485. The van der Waals surface area contributed by atoms with Crippen LogP contribution in [0.4, 0.5) is 5.82 Å². The number of nitrogens with zero attached hydrogens (tertiary/aromatic N) is 2. The first-order valence-electron chi connectivity index (χ1n) is 7.95. The molecule has 1 aromatic heterocycles. The van der Waals surface area contributed by atoms with Crippen molar-refractivity contribution in [2.45, 2.75) is 64.9 Å². The first kappa shape index (κ1) is 16.7. The summed E-state index contributed by atoms with van der Waals surface area (Å²) in [7, 11) is 0. The average Bonchev–Trinajstić information content (AvgIpc) is 2.95. The van der Waals surface area contributed by atoms with Crippen LogP contribution in [0.2, 0.25) is 0 Å². The Balaban J connectivity index is 2.45. The number of aromatic nitrogens is 2. The summed E-state index contributed by atoms with van der Waals surface area (Å²) in [4.78, 5) is 9.55. The molecule has 0 unspecified atom stereocenters. The van der Waals surface area contributed by atoms with Gasteiger partial charge in [0, 0.05) is 19.1 Å². The fourth-order valence-corrected chi connectivity index (χ4v) is 3.55. The maximum atomic E-state index is 5.84. The molecule has 1 heterocycles. The van der Waals surface area contributed by atoms with Gasteiger partial charge in [0.2, 0.25) is 0 Å². The zero-order valence-electron chi connectivity index (χ0n) is 13.5. The van der Waals surface area contributed by atoms with Crippen LogP contribution in [0.1, 0.15) is 70.8 Å². The third kappa shape index (κ3) is 3.75. The standard InChI is InChI=1S/C16H26BrN3O/c1-5-18-14-12(17)13(11-9-7-8-10-11)19-15(20-14)16(3,4)21-6-2/h11H,5-10H2,1-4H3,(H,18,19,20). The maximum absolute atomic E-state index is 5.84. The number of nitrogens with one attached hydrogen (secondary N) is 1. The van der Waals surface area contributed by atoms with Gasteiger partial charge in [0.15, 0.2) is 5.82 Å². The summed E-state index contributed by atoms with van der Waals surface area (Å²) in [6.45, 7) is 9.65. The maximum Gasteiger partial charge on any atom is 0.162 e. The second-order valence-corrected chi connectivity index (χ2v) is 6.84. The quantitative estimate of drug-likeness (QED) is 0.809. The van der Waals surface area contributed by atoms with E-state index in [0.29, 0.717) is 12.5 Å². The zero-order valence-corrected chi connectivity index (χ0v) is 15.1. The summed E-state index contributed by atoms with van der Waals surface area (Å²) in [6, 6.07) is 0. The van der Waals surface area contributed by atoms with Gasteiger partial charge in [-0.1, -0.05) is 12.8 Å². The highest BCUT2D eigenvalue weighted by molar-refractivity contribution is 9.10. The van der Waals surface area contributed by atoms with Crippen molar-refractivity contribution in [3.05, 3.63) is 16.0 Å². The van der Waals surface area contributed by atoms with Crippen molar-refractivity contribution >= 4 is 21.7 Å².